The summed E-state index contributed by atoms with van der Waals surface area (Å²) in [6.07, 6.45) is 0. The third kappa shape index (κ3) is 5.78. The van der Waals surface area contributed by atoms with Crippen LogP contribution >= 0.6 is 0 Å². The molecule has 64 heavy (non-hydrogen) atoms. The molecule has 0 aliphatic heterocycles. The second-order valence-corrected chi connectivity index (χ2v) is 17.5. The molecular formula is C61H43N3. The molecule has 1 aromatic heterocycles. The Morgan fingerprint density at radius 1 is 0.266 bits per heavy atom. The van der Waals surface area contributed by atoms with Gasteiger partial charge >= 0.3 is 0 Å². The first kappa shape index (κ1) is 37.7. The van der Waals surface area contributed by atoms with E-state index in [2.05, 4.69) is 202 Å². The zero-order chi connectivity index (χ0) is 42.8. The monoisotopic (exact) mass is 817 g/mol. The summed E-state index contributed by atoms with van der Waals surface area (Å²) < 4.78 is 0. The van der Waals surface area contributed by atoms with Gasteiger partial charge in [-0.25, -0.2) is 15.0 Å². The number of hydrogen-bond acceptors (Lipinski definition) is 3. The lowest BCUT2D eigenvalue weighted by Crippen LogP contribution is -2.40. The molecule has 9 aromatic carbocycles. The van der Waals surface area contributed by atoms with Gasteiger partial charge in [0.2, 0.25) is 0 Å². The van der Waals surface area contributed by atoms with Crippen LogP contribution in [0.3, 0.4) is 0 Å². The first-order valence-corrected chi connectivity index (χ1v) is 22.1. The van der Waals surface area contributed by atoms with E-state index < -0.39 is 5.41 Å². The van der Waals surface area contributed by atoms with E-state index in [0.29, 0.717) is 17.5 Å². The molecule has 0 saturated carbocycles. The smallest absolute Gasteiger partial charge is 0.164 e. The van der Waals surface area contributed by atoms with Gasteiger partial charge in [0.1, 0.15) is 0 Å². The van der Waals surface area contributed by atoms with Crippen molar-refractivity contribution < 1.29 is 0 Å². The zero-order valence-electron chi connectivity index (χ0n) is 35.7. The molecule has 0 N–H and O–H groups in total. The molecule has 0 bridgehead atoms. The molecule has 0 fully saturated rings. The van der Waals surface area contributed by atoms with Gasteiger partial charge in [-0.15, -0.1) is 0 Å². The highest BCUT2D eigenvalue weighted by Gasteiger charge is 2.54. The molecule has 0 amide bonds. The van der Waals surface area contributed by atoms with E-state index >= 15 is 0 Å². The fraction of sp³-hybridized carbons (Fsp3) is 0.0656. The van der Waals surface area contributed by atoms with E-state index in [1.807, 2.05) is 36.4 Å². The summed E-state index contributed by atoms with van der Waals surface area (Å²) in [6, 6.07) is 81.1. The van der Waals surface area contributed by atoms with E-state index in [1.165, 1.54) is 66.8 Å². The summed E-state index contributed by atoms with van der Waals surface area (Å²) in [7, 11) is 0. The van der Waals surface area contributed by atoms with Gasteiger partial charge in [-0.1, -0.05) is 226 Å². The topological polar surface area (TPSA) is 38.7 Å². The molecule has 1 spiro atoms. The number of nitrogens with zero attached hydrogens (tertiary/aromatic N) is 3. The SMILES string of the molecule is CC1(C)c2ccccc2C2(c3ccc(-c4ccc(-c5ccccc5)cc4-c4ccccc4)cc3-c3c(-c4nc(-c5ccccc5)nc(-c5ccccc5)n4)cccc32)c2ccccc21. The van der Waals surface area contributed by atoms with Gasteiger partial charge in [0.15, 0.2) is 17.5 Å². The molecule has 10 aromatic rings. The fourth-order valence-corrected chi connectivity index (χ4v) is 10.7. The lowest BCUT2D eigenvalue weighted by Gasteiger charge is -2.46. The molecule has 12 rings (SSSR count). The van der Waals surface area contributed by atoms with Crippen molar-refractivity contribution in [1.29, 1.82) is 0 Å². The highest BCUT2D eigenvalue weighted by Crippen LogP contribution is 2.63. The highest BCUT2D eigenvalue weighted by molar-refractivity contribution is 5.98. The lowest BCUT2D eigenvalue weighted by molar-refractivity contribution is 0.563. The first-order valence-electron chi connectivity index (χ1n) is 22.1. The van der Waals surface area contributed by atoms with Crippen LogP contribution in [0.1, 0.15) is 47.2 Å². The Labute approximate surface area is 374 Å². The van der Waals surface area contributed by atoms with Crippen LogP contribution in [-0.2, 0) is 10.8 Å². The van der Waals surface area contributed by atoms with Gasteiger partial charge in [0, 0.05) is 22.1 Å². The number of aromatic nitrogens is 3. The van der Waals surface area contributed by atoms with Crippen LogP contribution in [0.4, 0.5) is 0 Å². The Balaban J connectivity index is 1.17. The lowest BCUT2D eigenvalue weighted by atomic mass is 9.55. The van der Waals surface area contributed by atoms with E-state index in [0.717, 1.165) is 27.8 Å². The predicted molar refractivity (Wildman–Crippen MR) is 262 cm³/mol. The maximum absolute atomic E-state index is 5.35. The van der Waals surface area contributed by atoms with Crippen molar-refractivity contribution in [2.24, 2.45) is 0 Å². The van der Waals surface area contributed by atoms with Gasteiger partial charge in [0.05, 0.1) is 5.41 Å². The Hall–Kier alpha value is -8.01. The molecule has 3 nitrogen and oxygen atoms in total. The van der Waals surface area contributed by atoms with E-state index in [1.54, 1.807) is 0 Å². The van der Waals surface area contributed by atoms with Crippen LogP contribution in [0, 0.1) is 0 Å². The average molecular weight is 818 g/mol. The van der Waals surface area contributed by atoms with E-state index in [-0.39, 0.29) is 5.41 Å². The Morgan fingerprint density at radius 3 is 1.30 bits per heavy atom. The largest absolute Gasteiger partial charge is 0.208 e. The van der Waals surface area contributed by atoms with Crippen LogP contribution in [0.5, 0.6) is 0 Å². The van der Waals surface area contributed by atoms with Gasteiger partial charge in [-0.2, -0.15) is 0 Å². The third-order valence-electron chi connectivity index (χ3n) is 13.6. The predicted octanol–water partition coefficient (Wildman–Crippen LogP) is 14.9. The van der Waals surface area contributed by atoms with Gasteiger partial charge < -0.3 is 0 Å². The Morgan fingerprint density at radius 2 is 0.719 bits per heavy atom. The van der Waals surface area contributed by atoms with Crippen LogP contribution in [0.15, 0.2) is 224 Å². The second kappa shape index (κ2) is 14.8. The summed E-state index contributed by atoms with van der Waals surface area (Å²) in [6.45, 7) is 4.75. The van der Waals surface area contributed by atoms with Crippen molar-refractivity contribution >= 4 is 0 Å². The number of benzene rings is 9. The van der Waals surface area contributed by atoms with Gasteiger partial charge in [-0.3, -0.25) is 0 Å². The average Bonchev–Trinajstić information content (AvgIpc) is 3.67. The summed E-state index contributed by atoms with van der Waals surface area (Å²) in [5.74, 6) is 1.93. The Kier molecular flexibility index (Phi) is 8.74. The Bertz CT molecular complexity index is 3290. The minimum atomic E-state index is -0.598. The van der Waals surface area contributed by atoms with Crippen LogP contribution < -0.4 is 0 Å². The van der Waals surface area contributed by atoms with Gasteiger partial charge in [-0.05, 0) is 90.0 Å². The molecule has 0 unspecified atom stereocenters. The summed E-state index contributed by atoms with van der Waals surface area (Å²) in [4.78, 5) is 15.8. The van der Waals surface area contributed by atoms with Crippen LogP contribution in [0.2, 0.25) is 0 Å². The molecule has 1 heterocycles. The molecule has 2 aliphatic carbocycles. The normalized spacial score (nSPS) is 13.7. The molecule has 0 saturated heterocycles. The van der Waals surface area contributed by atoms with Crippen LogP contribution in [0.25, 0.3) is 78.7 Å². The quantitative estimate of drug-likeness (QED) is 0.168. The van der Waals surface area contributed by atoms with Crippen molar-refractivity contribution in [2.45, 2.75) is 24.7 Å². The molecule has 2 aliphatic rings. The van der Waals surface area contributed by atoms with E-state index in [4.69, 9.17) is 15.0 Å². The fourth-order valence-electron chi connectivity index (χ4n) is 10.7. The van der Waals surface area contributed by atoms with Crippen molar-refractivity contribution in [3.05, 3.63) is 258 Å². The number of hydrogen-bond donors (Lipinski definition) is 0. The minimum absolute atomic E-state index is 0.215. The molecule has 302 valence electrons. The van der Waals surface area contributed by atoms with Crippen molar-refractivity contribution in [1.82, 2.24) is 15.0 Å². The third-order valence-corrected chi connectivity index (χ3v) is 13.6. The summed E-state index contributed by atoms with van der Waals surface area (Å²) >= 11 is 0. The minimum Gasteiger partial charge on any atom is -0.208 e. The summed E-state index contributed by atoms with van der Waals surface area (Å²) in [5.41, 5.74) is 19.3. The maximum atomic E-state index is 5.35. The zero-order valence-corrected chi connectivity index (χ0v) is 35.7. The molecule has 3 heteroatoms. The maximum Gasteiger partial charge on any atom is 0.164 e. The first-order chi connectivity index (χ1) is 31.5. The van der Waals surface area contributed by atoms with Crippen molar-refractivity contribution in [2.75, 3.05) is 0 Å². The molecule has 0 atom stereocenters. The number of rotatable bonds is 6. The van der Waals surface area contributed by atoms with Crippen molar-refractivity contribution in [3.8, 4) is 78.7 Å². The number of fused-ring (bicyclic) bond motifs is 9. The van der Waals surface area contributed by atoms with Crippen LogP contribution in [-0.4, -0.2) is 15.0 Å². The van der Waals surface area contributed by atoms with Crippen molar-refractivity contribution in [3.63, 3.8) is 0 Å². The standard InChI is InChI=1S/C61H43N3/c1-60(2)51-29-15-17-31-53(51)61(54-32-18-16-30-52(54)60)50-37-35-45(46-36-34-44(40-20-7-3-8-21-40)38-48(46)41-22-9-4-10-23-41)39-49(50)56-47(28-19-33-55(56)61)59-63-57(42-24-11-5-12-25-42)62-58(64-59)43-26-13-6-14-27-43/h3-39H,1-2H3. The highest BCUT2D eigenvalue weighted by atomic mass is 15.0. The molecular weight excluding hydrogens is 775 g/mol. The van der Waals surface area contributed by atoms with E-state index in [9.17, 15) is 0 Å². The van der Waals surface area contributed by atoms with Gasteiger partial charge in [0.25, 0.3) is 0 Å². The second-order valence-electron chi connectivity index (χ2n) is 17.5. The molecule has 0 radical (unpaired) electrons. The summed E-state index contributed by atoms with van der Waals surface area (Å²) in [5, 5.41) is 0.